The number of hydrogen-bond acceptors (Lipinski definition) is 7. The van der Waals surface area contributed by atoms with E-state index in [2.05, 4.69) is 4.98 Å². The van der Waals surface area contributed by atoms with Gasteiger partial charge < -0.3 is 14.6 Å². The van der Waals surface area contributed by atoms with Crippen LogP contribution in [0.5, 0.6) is 11.5 Å². The van der Waals surface area contributed by atoms with Crippen molar-refractivity contribution >= 4 is 44.1 Å². The maximum atomic E-state index is 13.4. The molecule has 2 heterocycles. The standard InChI is InChI=1S/C28H24N2O5S/c1-15-5-7-17(8-6-15)24-23(25(31)18-9-12-21(35-4)16(2)13-18)26(32)27(33)30(24)28-29-20-11-10-19(34-3)14-22(20)36-28/h5-14,24,31H,1-4H3/b25-23+/t24-/m1/s1. The first-order valence-corrected chi connectivity index (χ1v) is 12.1. The van der Waals surface area contributed by atoms with E-state index in [1.54, 1.807) is 38.5 Å². The van der Waals surface area contributed by atoms with Gasteiger partial charge in [0.05, 0.1) is 36.1 Å². The number of aromatic nitrogens is 1. The van der Waals surface area contributed by atoms with E-state index in [0.29, 0.717) is 33.3 Å². The Bertz CT molecular complexity index is 1540. The number of aryl methyl sites for hydroxylation is 2. The molecule has 1 N–H and O–H groups in total. The number of fused-ring (bicyclic) bond motifs is 1. The zero-order valence-corrected chi connectivity index (χ0v) is 21.1. The molecule has 4 aromatic rings. The highest BCUT2D eigenvalue weighted by Crippen LogP contribution is 2.44. The van der Waals surface area contributed by atoms with Crippen LogP contribution in [-0.4, -0.2) is 36.0 Å². The molecule has 5 rings (SSSR count). The van der Waals surface area contributed by atoms with Gasteiger partial charge in [-0.3, -0.25) is 14.5 Å². The number of Topliss-reactive ketones (excluding diaryl/α,β-unsaturated/α-hetero) is 1. The average Bonchev–Trinajstić information content (AvgIpc) is 3.41. The second kappa shape index (κ2) is 9.13. The third-order valence-electron chi connectivity index (χ3n) is 6.30. The Balaban J connectivity index is 1.71. The van der Waals surface area contributed by atoms with Crippen LogP contribution in [0.4, 0.5) is 5.13 Å². The Morgan fingerprint density at radius 2 is 1.72 bits per heavy atom. The molecular weight excluding hydrogens is 476 g/mol. The van der Waals surface area contributed by atoms with E-state index in [9.17, 15) is 14.7 Å². The van der Waals surface area contributed by atoms with Gasteiger partial charge in [-0.15, -0.1) is 0 Å². The van der Waals surface area contributed by atoms with Gasteiger partial charge in [-0.25, -0.2) is 4.98 Å². The van der Waals surface area contributed by atoms with Crippen molar-refractivity contribution < 1.29 is 24.2 Å². The van der Waals surface area contributed by atoms with E-state index in [1.807, 2.05) is 50.2 Å². The number of amides is 1. The van der Waals surface area contributed by atoms with Crippen molar-refractivity contribution in [1.29, 1.82) is 0 Å². The molecule has 7 nitrogen and oxygen atoms in total. The Hall–Kier alpha value is -4.17. The van der Waals surface area contributed by atoms with E-state index in [1.165, 1.54) is 16.2 Å². The summed E-state index contributed by atoms with van der Waals surface area (Å²) in [6.07, 6.45) is 0. The van der Waals surface area contributed by atoms with E-state index in [-0.39, 0.29) is 11.3 Å². The summed E-state index contributed by atoms with van der Waals surface area (Å²) in [4.78, 5) is 32.9. The number of carbonyl (C=O) groups excluding carboxylic acids is 2. The third-order valence-corrected chi connectivity index (χ3v) is 7.31. The van der Waals surface area contributed by atoms with Crippen LogP contribution in [0.3, 0.4) is 0 Å². The van der Waals surface area contributed by atoms with Crippen molar-refractivity contribution in [3.63, 3.8) is 0 Å². The fourth-order valence-electron chi connectivity index (χ4n) is 4.40. The fourth-order valence-corrected chi connectivity index (χ4v) is 5.42. The number of carbonyl (C=O) groups is 2. The van der Waals surface area contributed by atoms with Gasteiger partial charge in [0.25, 0.3) is 5.78 Å². The van der Waals surface area contributed by atoms with Gasteiger partial charge in [0.1, 0.15) is 17.3 Å². The van der Waals surface area contributed by atoms with Gasteiger partial charge in [-0.1, -0.05) is 41.2 Å². The average molecular weight is 501 g/mol. The molecule has 1 amide bonds. The summed E-state index contributed by atoms with van der Waals surface area (Å²) in [6, 6.07) is 17.3. The van der Waals surface area contributed by atoms with Crippen LogP contribution in [0.25, 0.3) is 16.0 Å². The summed E-state index contributed by atoms with van der Waals surface area (Å²) in [5.74, 6) is -0.409. The van der Waals surface area contributed by atoms with Crippen molar-refractivity contribution in [3.05, 3.63) is 88.5 Å². The molecular formula is C28H24N2O5S. The highest BCUT2D eigenvalue weighted by molar-refractivity contribution is 7.22. The molecule has 1 atom stereocenters. The van der Waals surface area contributed by atoms with Crippen LogP contribution in [0.2, 0.25) is 0 Å². The predicted octanol–water partition coefficient (Wildman–Crippen LogP) is 5.56. The number of thiazole rings is 1. The van der Waals surface area contributed by atoms with E-state index in [0.717, 1.165) is 15.8 Å². The molecule has 0 radical (unpaired) electrons. The highest BCUT2D eigenvalue weighted by Gasteiger charge is 2.48. The number of nitrogens with zero attached hydrogens (tertiary/aromatic N) is 2. The minimum atomic E-state index is -0.838. The number of ether oxygens (including phenoxy) is 2. The fraction of sp³-hybridized carbons (Fsp3) is 0.179. The molecule has 0 saturated carbocycles. The van der Waals surface area contributed by atoms with Crippen LogP contribution in [-0.2, 0) is 9.59 Å². The van der Waals surface area contributed by atoms with Crippen molar-refractivity contribution in [2.24, 2.45) is 0 Å². The molecule has 1 saturated heterocycles. The SMILES string of the molecule is COc1ccc2nc(N3C(=O)C(=O)/C(=C(/O)c4ccc(OC)c(C)c4)[C@H]3c3ccc(C)cc3)sc2c1. The smallest absolute Gasteiger partial charge is 0.301 e. The van der Waals surface area contributed by atoms with Crippen LogP contribution in [0, 0.1) is 13.8 Å². The van der Waals surface area contributed by atoms with Crippen LogP contribution in [0.1, 0.15) is 28.3 Å². The van der Waals surface area contributed by atoms with Crippen molar-refractivity contribution in [2.45, 2.75) is 19.9 Å². The Morgan fingerprint density at radius 1 is 0.972 bits per heavy atom. The Kier molecular flexibility index (Phi) is 5.97. The topological polar surface area (TPSA) is 89.0 Å². The molecule has 0 spiro atoms. The summed E-state index contributed by atoms with van der Waals surface area (Å²) < 4.78 is 11.5. The first-order valence-electron chi connectivity index (χ1n) is 11.3. The molecule has 0 aliphatic carbocycles. The summed E-state index contributed by atoms with van der Waals surface area (Å²) in [5.41, 5.74) is 3.66. The van der Waals surface area contributed by atoms with Gasteiger partial charge in [0, 0.05) is 5.56 Å². The monoisotopic (exact) mass is 500 g/mol. The quantitative estimate of drug-likeness (QED) is 0.219. The minimum Gasteiger partial charge on any atom is -0.507 e. The van der Waals surface area contributed by atoms with Gasteiger partial charge in [0.15, 0.2) is 5.13 Å². The second-order valence-corrected chi connectivity index (χ2v) is 9.60. The van der Waals surface area contributed by atoms with E-state index < -0.39 is 17.7 Å². The first-order chi connectivity index (χ1) is 17.3. The third kappa shape index (κ3) is 3.89. The number of aliphatic hydroxyl groups is 1. The Labute approximate surface area is 212 Å². The number of anilines is 1. The molecule has 0 bridgehead atoms. The number of methoxy groups -OCH3 is 2. The zero-order valence-electron chi connectivity index (χ0n) is 20.2. The summed E-state index contributed by atoms with van der Waals surface area (Å²) in [6.45, 7) is 3.81. The molecule has 182 valence electrons. The molecule has 1 aliphatic rings. The number of rotatable bonds is 5. The molecule has 0 unspecified atom stereocenters. The van der Waals surface area contributed by atoms with Crippen molar-refractivity contribution in [1.82, 2.24) is 4.98 Å². The van der Waals surface area contributed by atoms with Gasteiger partial charge in [-0.05, 0) is 61.4 Å². The zero-order chi connectivity index (χ0) is 25.6. The molecule has 3 aromatic carbocycles. The lowest BCUT2D eigenvalue weighted by atomic mass is 9.94. The summed E-state index contributed by atoms with van der Waals surface area (Å²) >= 11 is 1.29. The lowest BCUT2D eigenvalue weighted by Crippen LogP contribution is -2.29. The number of ketones is 1. The van der Waals surface area contributed by atoms with Crippen molar-refractivity contribution in [3.8, 4) is 11.5 Å². The van der Waals surface area contributed by atoms with Crippen LogP contribution < -0.4 is 14.4 Å². The number of aliphatic hydroxyl groups excluding tert-OH is 1. The molecule has 1 aliphatic heterocycles. The number of hydrogen-bond donors (Lipinski definition) is 1. The normalized spacial score (nSPS) is 17.1. The van der Waals surface area contributed by atoms with Crippen LogP contribution >= 0.6 is 11.3 Å². The van der Waals surface area contributed by atoms with E-state index in [4.69, 9.17) is 9.47 Å². The summed E-state index contributed by atoms with van der Waals surface area (Å²) in [5, 5.41) is 11.7. The number of benzene rings is 3. The Morgan fingerprint density at radius 3 is 2.39 bits per heavy atom. The maximum Gasteiger partial charge on any atom is 0.301 e. The minimum absolute atomic E-state index is 0.0188. The van der Waals surface area contributed by atoms with Crippen LogP contribution in [0.15, 0.2) is 66.2 Å². The highest BCUT2D eigenvalue weighted by atomic mass is 32.1. The lowest BCUT2D eigenvalue weighted by molar-refractivity contribution is -0.132. The summed E-state index contributed by atoms with van der Waals surface area (Å²) in [7, 11) is 3.15. The molecule has 36 heavy (non-hydrogen) atoms. The molecule has 1 fully saturated rings. The molecule has 8 heteroatoms. The lowest BCUT2D eigenvalue weighted by Gasteiger charge is -2.23. The predicted molar refractivity (Wildman–Crippen MR) is 140 cm³/mol. The van der Waals surface area contributed by atoms with Gasteiger partial charge in [-0.2, -0.15) is 0 Å². The largest absolute Gasteiger partial charge is 0.507 e. The van der Waals surface area contributed by atoms with E-state index >= 15 is 0 Å². The maximum absolute atomic E-state index is 13.4. The first kappa shape index (κ1) is 23.6. The van der Waals surface area contributed by atoms with Gasteiger partial charge >= 0.3 is 5.91 Å². The molecule has 1 aromatic heterocycles. The van der Waals surface area contributed by atoms with Crippen molar-refractivity contribution in [2.75, 3.05) is 19.1 Å². The second-order valence-electron chi connectivity index (χ2n) is 8.59. The van der Waals surface area contributed by atoms with Gasteiger partial charge in [0.2, 0.25) is 0 Å².